The van der Waals surface area contributed by atoms with E-state index in [2.05, 4.69) is 5.32 Å². The van der Waals surface area contributed by atoms with Crippen molar-refractivity contribution in [2.45, 2.75) is 30.3 Å². The van der Waals surface area contributed by atoms with Crippen molar-refractivity contribution < 1.29 is 22.8 Å². The molecular formula is C20H21F3N2O2S. The summed E-state index contributed by atoms with van der Waals surface area (Å²) in [4.78, 5) is 24.2. The molecule has 0 saturated heterocycles. The zero-order valence-corrected chi connectivity index (χ0v) is 16.3. The zero-order valence-electron chi connectivity index (χ0n) is 15.5. The Balaban J connectivity index is 2.13. The summed E-state index contributed by atoms with van der Waals surface area (Å²) in [6, 6.07) is 11.9. The number of carbonyl (C=O) groups is 2. The van der Waals surface area contributed by atoms with Gasteiger partial charge in [0.25, 0.3) is 5.91 Å². The van der Waals surface area contributed by atoms with Gasteiger partial charge < -0.3 is 11.1 Å². The van der Waals surface area contributed by atoms with E-state index in [1.54, 1.807) is 44.2 Å². The van der Waals surface area contributed by atoms with Crippen LogP contribution in [-0.2, 0) is 16.4 Å². The fraction of sp³-hybridized carbons (Fsp3) is 0.300. The number of primary amides is 1. The van der Waals surface area contributed by atoms with Crippen molar-refractivity contribution in [2.24, 2.45) is 5.73 Å². The van der Waals surface area contributed by atoms with E-state index in [1.165, 1.54) is 6.07 Å². The minimum atomic E-state index is -4.42. The van der Waals surface area contributed by atoms with Crippen molar-refractivity contribution in [1.29, 1.82) is 0 Å². The minimum absolute atomic E-state index is 0.0417. The number of carbonyl (C=O) groups excluding carboxylic acids is 2. The van der Waals surface area contributed by atoms with Crippen LogP contribution < -0.4 is 11.1 Å². The number of hydrogen-bond donors (Lipinski definition) is 2. The molecule has 0 bridgehead atoms. The van der Waals surface area contributed by atoms with Gasteiger partial charge in [0.15, 0.2) is 0 Å². The molecular weight excluding hydrogens is 389 g/mol. The van der Waals surface area contributed by atoms with Crippen molar-refractivity contribution in [1.82, 2.24) is 5.32 Å². The van der Waals surface area contributed by atoms with Crippen LogP contribution in [0.1, 0.15) is 35.3 Å². The fourth-order valence-corrected chi connectivity index (χ4v) is 3.33. The van der Waals surface area contributed by atoms with Crippen molar-refractivity contribution in [3.05, 3.63) is 65.2 Å². The Hall–Kier alpha value is -2.48. The highest BCUT2D eigenvalue weighted by atomic mass is 32.2. The van der Waals surface area contributed by atoms with Crippen LogP contribution in [0.5, 0.6) is 0 Å². The van der Waals surface area contributed by atoms with Gasteiger partial charge in [0.2, 0.25) is 5.91 Å². The molecule has 0 heterocycles. The summed E-state index contributed by atoms with van der Waals surface area (Å²) in [5.41, 5.74) is 4.56. The number of nitrogens with two attached hydrogens (primary N) is 1. The summed E-state index contributed by atoms with van der Waals surface area (Å²) < 4.78 is 38.9. The first-order chi connectivity index (χ1) is 13.0. The Labute approximate surface area is 165 Å². The lowest BCUT2D eigenvalue weighted by atomic mass is 9.83. The normalized spacial score (nSPS) is 11.9. The maximum atomic E-state index is 13.0. The van der Waals surface area contributed by atoms with Gasteiger partial charge in [0.05, 0.1) is 16.9 Å². The number of alkyl halides is 3. The zero-order chi connectivity index (χ0) is 20.9. The first-order valence-corrected chi connectivity index (χ1v) is 9.45. The molecule has 2 rings (SSSR count). The van der Waals surface area contributed by atoms with Crippen molar-refractivity contribution in [2.75, 3.05) is 12.3 Å². The number of nitrogens with one attached hydrogen (secondary N) is 1. The Morgan fingerprint density at radius 3 is 2.32 bits per heavy atom. The molecule has 0 aliphatic heterocycles. The van der Waals surface area contributed by atoms with E-state index >= 15 is 0 Å². The van der Waals surface area contributed by atoms with Gasteiger partial charge >= 0.3 is 6.18 Å². The summed E-state index contributed by atoms with van der Waals surface area (Å²) in [5.74, 6) is -0.821. The first-order valence-electron chi connectivity index (χ1n) is 8.47. The van der Waals surface area contributed by atoms with Crippen LogP contribution in [0.25, 0.3) is 0 Å². The van der Waals surface area contributed by atoms with Gasteiger partial charge in [0, 0.05) is 16.9 Å². The van der Waals surface area contributed by atoms with Crippen LogP contribution in [0.15, 0.2) is 53.4 Å². The van der Waals surface area contributed by atoms with Crippen molar-refractivity contribution in [3.63, 3.8) is 0 Å². The molecule has 0 aliphatic carbocycles. The van der Waals surface area contributed by atoms with E-state index in [0.29, 0.717) is 16.0 Å². The molecule has 4 nitrogen and oxygen atoms in total. The molecule has 2 amide bonds. The molecule has 0 saturated carbocycles. The van der Waals surface area contributed by atoms with E-state index in [0.717, 1.165) is 23.9 Å². The Morgan fingerprint density at radius 2 is 1.68 bits per heavy atom. The molecule has 0 spiro atoms. The number of benzene rings is 2. The molecule has 28 heavy (non-hydrogen) atoms. The highest BCUT2D eigenvalue weighted by Crippen LogP contribution is 2.32. The van der Waals surface area contributed by atoms with Gasteiger partial charge in [-0.15, -0.1) is 11.8 Å². The van der Waals surface area contributed by atoms with Gasteiger partial charge in [-0.25, -0.2) is 0 Å². The molecule has 0 fully saturated rings. The largest absolute Gasteiger partial charge is 0.416 e. The molecule has 2 aromatic carbocycles. The average Bonchev–Trinajstić information content (AvgIpc) is 2.64. The predicted octanol–water partition coefficient (Wildman–Crippen LogP) is 3.99. The number of amides is 2. The SMILES string of the molecule is CC(C)(CNC(=O)c1ccccc1SCC(N)=O)c1cccc(C(F)(F)F)c1. The van der Waals surface area contributed by atoms with E-state index in [-0.39, 0.29) is 18.2 Å². The molecule has 0 radical (unpaired) electrons. The third-order valence-corrected chi connectivity index (χ3v) is 5.26. The number of hydrogen-bond acceptors (Lipinski definition) is 3. The summed E-state index contributed by atoms with van der Waals surface area (Å²) >= 11 is 1.16. The van der Waals surface area contributed by atoms with E-state index in [1.807, 2.05) is 0 Å². The van der Waals surface area contributed by atoms with Gasteiger partial charge in [-0.1, -0.05) is 44.2 Å². The first kappa shape index (κ1) is 21.8. The summed E-state index contributed by atoms with van der Waals surface area (Å²) in [6.45, 7) is 3.66. The standard InChI is InChI=1S/C20H21F3N2O2S/c1-19(2,13-6-5-7-14(10-13)20(21,22)23)12-25-18(27)15-8-3-4-9-16(15)28-11-17(24)26/h3-10H,11-12H2,1-2H3,(H2,24,26)(H,25,27). The summed E-state index contributed by atoms with van der Waals surface area (Å²) in [6.07, 6.45) is -4.42. The molecule has 0 aliphatic rings. The molecule has 0 aromatic heterocycles. The summed E-state index contributed by atoms with van der Waals surface area (Å²) in [7, 11) is 0. The van der Waals surface area contributed by atoms with E-state index in [4.69, 9.17) is 5.73 Å². The average molecular weight is 410 g/mol. The quantitative estimate of drug-likeness (QED) is 0.678. The van der Waals surface area contributed by atoms with Crippen molar-refractivity contribution >= 4 is 23.6 Å². The van der Waals surface area contributed by atoms with Crippen LogP contribution in [-0.4, -0.2) is 24.1 Å². The van der Waals surface area contributed by atoms with Gasteiger partial charge in [-0.3, -0.25) is 9.59 Å². The summed E-state index contributed by atoms with van der Waals surface area (Å²) in [5, 5.41) is 2.77. The minimum Gasteiger partial charge on any atom is -0.369 e. The molecule has 0 unspecified atom stereocenters. The lowest BCUT2D eigenvalue weighted by molar-refractivity contribution is -0.137. The van der Waals surface area contributed by atoms with E-state index in [9.17, 15) is 22.8 Å². The number of thioether (sulfide) groups is 1. The third-order valence-electron chi connectivity index (χ3n) is 4.16. The van der Waals surface area contributed by atoms with Crippen LogP contribution in [0.3, 0.4) is 0 Å². The Bertz CT molecular complexity index is 867. The number of halogens is 3. The molecule has 150 valence electrons. The maximum absolute atomic E-state index is 13.0. The highest BCUT2D eigenvalue weighted by molar-refractivity contribution is 8.00. The second-order valence-corrected chi connectivity index (χ2v) is 7.91. The monoisotopic (exact) mass is 410 g/mol. The van der Waals surface area contributed by atoms with Gasteiger partial charge in [-0.05, 0) is 23.8 Å². The van der Waals surface area contributed by atoms with Gasteiger partial charge in [-0.2, -0.15) is 13.2 Å². The molecule has 3 N–H and O–H groups in total. The highest BCUT2D eigenvalue weighted by Gasteiger charge is 2.32. The second kappa shape index (κ2) is 8.68. The van der Waals surface area contributed by atoms with Crippen LogP contribution in [0, 0.1) is 0 Å². The lowest BCUT2D eigenvalue weighted by Crippen LogP contribution is -2.37. The fourth-order valence-electron chi connectivity index (χ4n) is 2.54. The van der Waals surface area contributed by atoms with E-state index < -0.39 is 23.1 Å². The molecule has 2 aromatic rings. The molecule has 8 heteroatoms. The lowest BCUT2D eigenvalue weighted by Gasteiger charge is -2.26. The third kappa shape index (κ3) is 5.76. The smallest absolute Gasteiger partial charge is 0.369 e. The van der Waals surface area contributed by atoms with Crippen LogP contribution in [0.4, 0.5) is 13.2 Å². The van der Waals surface area contributed by atoms with Crippen LogP contribution >= 0.6 is 11.8 Å². The Kier molecular flexibility index (Phi) is 6.77. The second-order valence-electron chi connectivity index (χ2n) is 6.90. The molecule has 0 atom stereocenters. The Morgan fingerprint density at radius 1 is 1.04 bits per heavy atom. The van der Waals surface area contributed by atoms with Gasteiger partial charge in [0.1, 0.15) is 0 Å². The van der Waals surface area contributed by atoms with Crippen molar-refractivity contribution in [3.8, 4) is 0 Å². The predicted molar refractivity (Wildman–Crippen MR) is 103 cm³/mol. The maximum Gasteiger partial charge on any atom is 0.416 e. The number of rotatable bonds is 7. The van der Waals surface area contributed by atoms with Crippen LogP contribution in [0.2, 0.25) is 0 Å². The topological polar surface area (TPSA) is 72.2 Å².